The smallest absolute Gasteiger partial charge is 0.164 e. The van der Waals surface area contributed by atoms with E-state index in [0.29, 0.717) is 17.5 Å². The molecule has 4 nitrogen and oxygen atoms in total. The summed E-state index contributed by atoms with van der Waals surface area (Å²) in [7, 11) is 0. The minimum atomic E-state index is -0.503. The summed E-state index contributed by atoms with van der Waals surface area (Å²) in [4.78, 5) is 15.2. The third-order valence-corrected chi connectivity index (χ3v) is 13.1. The van der Waals surface area contributed by atoms with Gasteiger partial charge in [0.25, 0.3) is 0 Å². The molecule has 13 rings (SSSR count). The Morgan fingerprint density at radius 1 is 0.306 bits per heavy atom. The van der Waals surface area contributed by atoms with Crippen LogP contribution in [-0.2, 0) is 5.41 Å². The molecule has 3 heterocycles. The lowest BCUT2D eigenvalue weighted by Gasteiger charge is -2.39. The number of benzene rings is 9. The predicted molar refractivity (Wildman–Crippen MR) is 252 cm³/mol. The van der Waals surface area contributed by atoms with Crippen LogP contribution in [0.25, 0.3) is 95.0 Å². The van der Waals surface area contributed by atoms with E-state index >= 15 is 0 Å². The molecule has 0 saturated heterocycles. The van der Waals surface area contributed by atoms with Crippen molar-refractivity contribution in [2.24, 2.45) is 0 Å². The lowest BCUT2D eigenvalue weighted by Crippen LogP contribution is -2.33. The molecule has 2 aliphatic rings. The third-order valence-electron chi connectivity index (χ3n) is 13.1. The fraction of sp³-hybridized carbons (Fsp3) is 0.0172. The molecule has 1 atom stereocenters. The first-order valence-electron chi connectivity index (χ1n) is 21.2. The van der Waals surface area contributed by atoms with Gasteiger partial charge in [-0.05, 0) is 67.8 Å². The molecule has 4 heteroatoms. The summed E-state index contributed by atoms with van der Waals surface area (Å²) < 4.78 is 2.50. The van der Waals surface area contributed by atoms with Crippen LogP contribution in [0.15, 0.2) is 218 Å². The Kier molecular flexibility index (Phi) is 7.49. The lowest BCUT2D eigenvalue weighted by molar-refractivity contribution is 0.748. The second-order valence-corrected chi connectivity index (χ2v) is 16.3. The molecule has 0 saturated carbocycles. The van der Waals surface area contributed by atoms with Crippen molar-refractivity contribution in [2.75, 3.05) is 0 Å². The fourth-order valence-corrected chi connectivity index (χ4v) is 10.4. The van der Waals surface area contributed by atoms with E-state index in [2.05, 4.69) is 199 Å². The van der Waals surface area contributed by atoms with Crippen molar-refractivity contribution in [1.82, 2.24) is 19.5 Å². The zero-order valence-corrected chi connectivity index (χ0v) is 33.6. The molecular weight excluding hydrogens is 753 g/mol. The van der Waals surface area contributed by atoms with E-state index in [4.69, 9.17) is 15.0 Å². The van der Waals surface area contributed by atoms with Crippen molar-refractivity contribution in [3.05, 3.63) is 241 Å². The minimum Gasteiger partial charge on any atom is -0.309 e. The van der Waals surface area contributed by atoms with Crippen LogP contribution in [-0.4, -0.2) is 19.5 Å². The van der Waals surface area contributed by atoms with E-state index in [1.807, 2.05) is 24.3 Å². The van der Waals surface area contributed by atoms with Gasteiger partial charge in [-0.3, -0.25) is 0 Å². The maximum absolute atomic E-state index is 5.10. The maximum atomic E-state index is 5.10. The normalized spacial score (nSPS) is 14.5. The van der Waals surface area contributed by atoms with E-state index < -0.39 is 5.41 Å². The van der Waals surface area contributed by atoms with Gasteiger partial charge < -0.3 is 4.57 Å². The van der Waals surface area contributed by atoms with Gasteiger partial charge in [0.2, 0.25) is 0 Å². The van der Waals surface area contributed by atoms with Crippen LogP contribution in [0.4, 0.5) is 0 Å². The molecule has 1 spiro atoms. The first-order chi connectivity index (χ1) is 30.8. The highest BCUT2D eigenvalue weighted by Gasteiger charge is 2.51. The first kappa shape index (κ1) is 34.6. The van der Waals surface area contributed by atoms with Gasteiger partial charge in [0.15, 0.2) is 17.5 Å². The highest BCUT2D eigenvalue weighted by molar-refractivity contribution is 6.13. The van der Waals surface area contributed by atoms with Crippen molar-refractivity contribution in [2.45, 2.75) is 5.41 Å². The Morgan fingerprint density at radius 3 is 1.50 bits per heavy atom. The zero-order valence-electron chi connectivity index (χ0n) is 33.6. The van der Waals surface area contributed by atoms with E-state index in [9.17, 15) is 0 Å². The van der Waals surface area contributed by atoms with Crippen LogP contribution in [0.5, 0.6) is 0 Å². The molecule has 0 bridgehead atoms. The fourth-order valence-electron chi connectivity index (χ4n) is 10.4. The Balaban J connectivity index is 0.965. The van der Waals surface area contributed by atoms with Crippen LogP contribution in [0.2, 0.25) is 0 Å². The monoisotopic (exact) mass is 788 g/mol. The lowest BCUT2D eigenvalue weighted by atomic mass is 9.65. The molecule has 0 radical (unpaired) electrons. The summed E-state index contributed by atoms with van der Waals surface area (Å²) in [5.74, 6) is 1.92. The van der Waals surface area contributed by atoms with E-state index in [1.165, 1.54) is 72.0 Å². The largest absolute Gasteiger partial charge is 0.309 e. The average Bonchev–Trinajstić information content (AvgIpc) is 3.85. The summed E-state index contributed by atoms with van der Waals surface area (Å²) in [6.07, 6.45) is 0. The summed E-state index contributed by atoms with van der Waals surface area (Å²) >= 11 is 0. The maximum Gasteiger partial charge on any atom is 0.164 e. The average molecular weight is 789 g/mol. The molecule has 1 unspecified atom stereocenters. The van der Waals surface area contributed by atoms with Gasteiger partial charge in [-0.2, -0.15) is 0 Å². The molecule has 288 valence electrons. The second kappa shape index (κ2) is 13.4. The highest BCUT2D eigenvalue weighted by Crippen LogP contribution is 2.62. The van der Waals surface area contributed by atoms with Crippen molar-refractivity contribution in [3.63, 3.8) is 0 Å². The van der Waals surface area contributed by atoms with Gasteiger partial charge in [0.05, 0.1) is 22.1 Å². The molecule has 0 amide bonds. The van der Waals surface area contributed by atoms with Crippen molar-refractivity contribution < 1.29 is 0 Å². The van der Waals surface area contributed by atoms with Crippen LogP contribution >= 0.6 is 0 Å². The number of hydrogen-bond donors (Lipinski definition) is 0. The number of aromatic nitrogens is 4. The Labute approximate surface area is 359 Å². The summed E-state index contributed by atoms with van der Waals surface area (Å²) in [6, 6.07) is 78.6. The number of hydrogen-bond acceptors (Lipinski definition) is 3. The highest BCUT2D eigenvalue weighted by atomic mass is 15.0. The number of para-hydroxylation sites is 3. The molecule has 0 N–H and O–H groups in total. The van der Waals surface area contributed by atoms with Gasteiger partial charge in [-0.25, -0.2) is 15.0 Å². The number of nitrogens with zero attached hydrogens (tertiary/aromatic N) is 4. The van der Waals surface area contributed by atoms with Gasteiger partial charge in [-0.1, -0.05) is 206 Å². The standard InChI is InChI=1S/C58H36N4/c1-3-15-37(16-4-1)38-29-33-41(34-30-38)56-59-55(40-17-5-2-6-18-40)60-57(61-56)42-35-31-39(32-36-42)43-21-13-25-49-53(43)46-20-7-9-23-47(46)58(49)48-24-10-12-28-52(48)62-51-27-11-8-19-44(51)45-22-14-26-50(58)54(45)62/h1-36H. The molecule has 9 aromatic carbocycles. The van der Waals surface area contributed by atoms with E-state index in [-0.39, 0.29) is 0 Å². The molecule has 62 heavy (non-hydrogen) atoms. The van der Waals surface area contributed by atoms with Crippen LogP contribution in [0.1, 0.15) is 22.3 Å². The number of rotatable bonds is 5. The molecular formula is C58H36N4. The molecule has 2 aromatic heterocycles. The summed E-state index contributed by atoms with van der Waals surface area (Å²) in [5, 5.41) is 2.56. The molecule has 0 fully saturated rings. The molecule has 1 aliphatic carbocycles. The quantitative estimate of drug-likeness (QED) is 0.174. The summed E-state index contributed by atoms with van der Waals surface area (Å²) in [5.41, 5.74) is 18.5. The molecule has 11 aromatic rings. The SMILES string of the molecule is c1ccc(-c2ccc(-c3nc(-c4ccccc4)nc(-c4ccc(-c5cccc6c5-c5ccccc5C65c6ccccc6-n6c7ccccc7c7cccc5c76)cc4)n3)cc2)cc1. The van der Waals surface area contributed by atoms with Crippen molar-refractivity contribution in [3.8, 4) is 73.2 Å². The number of fused-ring (bicyclic) bond motifs is 12. The minimum absolute atomic E-state index is 0.503. The van der Waals surface area contributed by atoms with Crippen LogP contribution in [0, 0.1) is 0 Å². The zero-order chi connectivity index (χ0) is 40.8. The van der Waals surface area contributed by atoms with Crippen molar-refractivity contribution in [1.29, 1.82) is 0 Å². The first-order valence-corrected chi connectivity index (χ1v) is 21.2. The second-order valence-electron chi connectivity index (χ2n) is 16.3. The van der Waals surface area contributed by atoms with Gasteiger partial charge in [0, 0.05) is 27.5 Å². The Bertz CT molecular complexity index is 3550. The van der Waals surface area contributed by atoms with Gasteiger partial charge in [-0.15, -0.1) is 0 Å². The predicted octanol–water partition coefficient (Wildman–Crippen LogP) is 14.0. The van der Waals surface area contributed by atoms with Crippen molar-refractivity contribution >= 4 is 21.8 Å². The van der Waals surface area contributed by atoms with Crippen LogP contribution < -0.4 is 0 Å². The Morgan fingerprint density at radius 2 is 0.774 bits per heavy atom. The molecule has 1 aliphatic heterocycles. The Hall–Kier alpha value is -8.21. The van der Waals surface area contributed by atoms with Gasteiger partial charge in [0.1, 0.15) is 0 Å². The van der Waals surface area contributed by atoms with E-state index in [1.54, 1.807) is 0 Å². The summed E-state index contributed by atoms with van der Waals surface area (Å²) in [6.45, 7) is 0. The van der Waals surface area contributed by atoms with Crippen LogP contribution in [0.3, 0.4) is 0 Å². The third kappa shape index (κ3) is 4.92. The van der Waals surface area contributed by atoms with Gasteiger partial charge >= 0.3 is 0 Å². The van der Waals surface area contributed by atoms with E-state index in [0.717, 1.165) is 27.8 Å². The topological polar surface area (TPSA) is 43.6 Å².